The van der Waals surface area contributed by atoms with E-state index in [1.165, 1.54) is 22.9 Å². The minimum atomic E-state index is -5.80. The lowest BCUT2D eigenvalue weighted by Crippen LogP contribution is -2.29. The van der Waals surface area contributed by atoms with Gasteiger partial charge in [0, 0.05) is 65.1 Å². The molecule has 25 nitrogen and oxygen atoms in total. The molecule has 1 saturated heterocycles. The number of nitrogens with two attached hydrogens (primary N) is 1. The van der Waals surface area contributed by atoms with Crippen LogP contribution in [-0.4, -0.2) is 103 Å². The smallest absolute Gasteiger partial charge is 0.490 e. The van der Waals surface area contributed by atoms with E-state index in [1.54, 1.807) is 6.07 Å². The second-order valence-corrected chi connectivity index (χ2v) is 25.6. The number of rotatable bonds is 21. The standard InChI is InChI=1S/C53H62N7O18P3S/c1-6-58(7-2)36-22-24-39-38(33(3)49(76-43(39)28-36)34-16-10-8-11-17-34)19-14-20-45-53(4,5)40-29-37(82(71,72)73)23-25-41(40)59(45)27-13-9-12-21-46(62)55-26-15-18-35-31-60(50-48(35)51(63)57-52(54)56-50)47-30-42(61)44(75-47)32-74-80(67,68)78-81(69,70)77-79(64,65)66/h8,10-11,14,16-17,19-20,22-25,28-29,31,42,44,47,61H,6-7,9,12-13,21,26-27,30,32H2,1-5H3,(H8-,54,55,56,57,62,63,64,65,66,67,68,69,70,71,72,73)/t42-,44+,47+/m0/s1. The number of aromatic nitrogens is 3. The number of nitrogens with zero attached hydrogens (tertiary/aromatic N) is 4. The summed E-state index contributed by atoms with van der Waals surface area (Å²) in [6.07, 6.45) is 5.25. The van der Waals surface area contributed by atoms with Gasteiger partial charge >= 0.3 is 23.5 Å². The second kappa shape index (κ2) is 24.8. The molecule has 29 heteroatoms. The Morgan fingerprint density at radius 2 is 1.76 bits per heavy atom. The van der Waals surface area contributed by atoms with Crippen LogP contribution in [0, 0.1) is 18.8 Å². The first kappa shape index (κ1) is 61.7. The van der Waals surface area contributed by atoms with E-state index in [0.29, 0.717) is 31.4 Å². The summed E-state index contributed by atoms with van der Waals surface area (Å²) in [5.41, 5.74) is 10.7. The van der Waals surface area contributed by atoms with Gasteiger partial charge in [-0.1, -0.05) is 74.6 Å². The van der Waals surface area contributed by atoms with Crippen LogP contribution >= 0.6 is 23.5 Å². The number of nitrogen functional groups attached to an aromatic ring is 1. The van der Waals surface area contributed by atoms with Gasteiger partial charge in [0.25, 0.3) is 5.56 Å². The quantitative estimate of drug-likeness (QED) is 0.0132. The van der Waals surface area contributed by atoms with E-state index in [2.05, 4.69) is 87.9 Å². The predicted octanol–water partition coefficient (Wildman–Crippen LogP) is 6.11. The summed E-state index contributed by atoms with van der Waals surface area (Å²) in [4.78, 5) is 71.4. The summed E-state index contributed by atoms with van der Waals surface area (Å²) in [5, 5.41) is 14.5. The first-order chi connectivity index (χ1) is 38.6. The van der Waals surface area contributed by atoms with Crippen LogP contribution in [0.2, 0.25) is 0 Å². The number of phosphoric ester groups is 1. The Balaban J connectivity index is 0.929. The van der Waals surface area contributed by atoms with Crippen LogP contribution in [0.5, 0.6) is 0 Å². The van der Waals surface area contributed by atoms with Gasteiger partial charge in [-0.15, -0.1) is 0 Å². The third kappa shape index (κ3) is 14.3. The monoisotopic (exact) mass is 1210 g/mol. The molecular weight excluding hydrogens is 1150 g/mol. The Kier molecular flexibility index (Phi) is 18.7. The summed E-state index contributed by atoms with van der Waals surface area (Å²) < 4.78 is 99.8. The molecule has 9 N–H and O–H groups in total. The van der Waals surface area contributed by atoms with Gasteiger partial charge in [-0.2, -0.15) is 13.6 Å². The summed E-state index contributed by atoms with van der Waals surface area (Å²) in [5.74, 6) is 6.56. The maximum Gasteiger partial charge on any atom is 0.490 e. The van der Waals surface area contributed by atoms with E-state index >= 15 is 0 Å². The van der Waals surface area contributed by atoms with Crippen molar-refractivity contribution in [3.63, 3.8) is 0 Å². The Morgan fingerprint density at radius 1 is 1.02 bits per heavy atom. The Morgan fingerprint density at radius 3 is 2.45 bits per heavy atom. The molecule has 5 heterocycles. The van der Waals surface area contributed by atoms with Gasteiger partial charge in [-0.3, -0.25) is 19.1 Å². The largest absolute Gasteiger partial charge is 0.744 e. The van der Waals surface area contributed by atoms with Gasteiger partial charge in [0.2, 0.25) is 17.2 Å². The number of carbonyl (C=O) groups excluding carboxylic acids is 1. The van der Waals surface area contributed by atoms with Crippen LogP contribution in [0.3, 0.4) is 0 Å². The first-order valence-electron chi connectivity index (χ1n) is 25.8. The number of fused-ring (bicyclic) bond motifs is 3. The van der Waals surface area contributed by atoms with Gasteiger partial charge < -0.3 is 58.9 Å². The molecule has 1 amide bonds. The zero-order valence-electron chi connectivity index (χ0n) is 45.1. The molecule has 0 radical (unpaired) electrons. The Hall–Kier alpha value is -6.36. The number of carbonyl (C=O) groups is 1. The van der Waals surface area contributed by atoms with Crippen molar-refractivity contribution in [3.05, 3.63) is 129 Å². The molecule has 2 aromatic carbocycles. The number of aliphatic hydroxyl groups excluding tert-OH is 1. The molecule has 4 aromatic rings. The van der Waals surface area contributed by atoms with E-state index < -0.39 is 69.6 Å². The number of allylic oxidation sites excluding steroid dienone is 3. The number of nitrogens with one attached hydrogen (secondary N) is 2. The van der Waals surface area contributed by atoms with E-state index in [1.807, 2.05) is 63.3 Å². The zero-order valence-corrected chi connectivity index (χ0v) is 48.6. The molecule has 0 spiro atoms. The van der Waals surface area contributed by atoms with Crippen molar-refractivity contribution in [2.75, 3.05) is 43.4 Å². The van der Waals surface area contributed by atoms with Crippen molar-refractivity contribution >= 4 is 68.2 Å². The Labute approximate surface area is 471 Å². The number of amides is 1. The highest BCUT2D eigenvalue weighted by Gasteiger charge is 2.44. The van der Waals surface area contributed by atoms with Crippen molar-refractivity contribution in [2.24, 2.45) is 0 Å². The lowest BCUT2D eigenvalue weighted by Gasteiger charge is -2.27. The second-order valence-electron chi connectivity index (χ2n) is 19.8. The number of H-pyrrole nitrogens is 1. The number of aromatic amines is 1. The van der Waals surface area contributed by atoms with Crippen molar-refractivity contribution in [2.45, 2.75) is 95.5 Å². The minimum Gasteiger partial charge on any atom is -0.744 e. The van der Waals surface area contributed by atoms with Crippen LogP contribution in [0.25, 0.3) is 39.8 Å². The lowest BCUT2D eigenvalue weighted by atomic mass is 9.83. The molecule has 8 rings (SSSR count). The van der Waals surface area contributed by atoms with E-state index in [9.17, 15) is 51.1 Å². The first-order valence-corrected chi connectivity index (χ1v) is 31.8. The molecule has 5 atom stereocenters. The predicted molar refractivity (Wildman–Crippen MR) is 301 cm³/mol. The van der Waals surface area contributed by atoms with Gasteiger partial charge in [-0.05, 0) is 75.1 Å². The highest BCUT2D eigenvalue weighted by atomic mass is 32.2. The van der Waals surface area contributed by atoms with Crippen molar-refractivity contribution in [1.82, 2.24) is 24.4 Å². The van der Waals surface area contributed by atoms with Crippen LogP contribution in [0.1, 0.15) is 88.3 Å². The number of aliphatic hydroxyl groups is 1. The highest BCUT2D eigenvalue weighted by Crippen LogP contribution is 2.66. The third-order valence-corrected chi connectivity index (χ3v) is 18.6. The lowest BCUT2D eigenvalue weighted by molar-refractivity contribution is -0.120. The molecule has 0 bridgehead atoms. The number of hydrogen-bond donors (Lipinski definition) is 8. The zero-order chi connectivity index (χ0) is 59.5. The molecule has 2 unspecified atom stereocenters. The highest BCUT2D eigenvalue weighted by molar-refractivity contribution is 7.85. The van der Waals surface area contributed by atoms with Gasteiger partial charge in [-0.25, -0.2) is 26.7 Å². The van der Waals surface area contributed by atoms with Crippen molar-refractivity contribution in [3.8, 4) is 34.5 Å². The summed E-state index contributed by atoms with van der Waals surface area (Å²) in [7, 11) is -21.7. The molecule has 82 heavy (non-hydrogen) atoms. The topological polar surface area (TPSA) is 372 Å². The number of hydrogen-bond acceptors (Lipinski definition) is 17. The van der Waals surface area contributed by atoms with Crippen LogP contribution in [0.4, 0.5) is 11.6 Å². The average molecular weight is 1210 g/mol. The Bertz CT molecular complexity index is 3910. The summed E-state index contributed by atoms with van der Waals surface area (Å²) in [6.45, 7) is 11.3. The van der Waals surface area contributed by atoms with Crippen LogP contribution < -0.4 is 31.4 Å². The maximum atomic E-state index is 13.1. The molecule has 2 aromatic heterocycles. The number of unbranched alkanes of at least 4 members (excludes halogenated alkanes) is 2. The third-order valence-electron chi connectivity index (χ3n) is 14.0. The fourth-order valence-corrected chi connectivity index (χ4v) is 13.6. The number of anilines is 2. The van der Waals surface area contributed by atoms with Crippen molar-refractivity contribution in [1.29, 1.82) is 0 Å². The van der Waals surface area contributed by atoms with E-state index in [4.69, 9.17) is 24.7 Å². The van der Waals surface area contributed by atoms with E-state index in [0.717, 1.165) is 63.6 Å². The minimum absolute atomic E-state index is 0.0182. The van der Waals surface area contributed by atoms with E-state index in [-0.39, 0.29) is 52.7 Å². The number of benzene rings is 3. The summed E-state index contributed by atoms with van der Waals surface area (Å²) >= 11 is 0. The van der Waals surface area contributed by atoms with Gasteiger partial charge in [0.05, 0.1) is 41.2 Å². The molecule has 1 fully saturated rings. The fourth-order valence-electron chi connectivity index (χ4n) is 10.1. The molecular formula is C53H62N7O18P3S. The van der Waals surface area contributed by atoms with Crippen LogP contribution in [-0.2, 0) is 51.9 Å². The molecule has 438 valence electrons. The van der Waals surface area contributed by atoms with Crippen molar-refractivity contribution < 1.29 is 78.4 Å². The normalized spacial score (nSPS) is 19.1. The molecule has 4 aliphatic rings. The van der Waals surface area contributed by atoms with Gasteiger partial charge in [0.15, 0.2) is 5.65 Å². The number of phosphoric acid groups is 3. The SMILES string of the molecule is CC[N+](CC)=c1ccc2c(/C=C/C=C3/N(CCCCCC(=O)NCC#Cc4cn([C@H]5C[C@H](O)[C@@H](COP(=O)(O)OP(=O)(O)OP(=O)(O)O)O5)c5nc(N)[nH]c(=O)c45)c4ccc(S(=O)(=O)[O-])cc4C3(C)C)c(C)c(-c3ccccc3)oc-2c1. The van der Waals surface area contributed by atoms with Crippen LogP contribution in [0.15, 0.2) is 105 Å². The summed E-state index contributed by atoms with van der Waals surface area (Å²) in [6, 6.07) is 20.6. The molecule has 1 aliphatic carbocycles. The fraction of sp³-hybridized carbons (Fsp3) is 0.358. The van der Waals surface area contributed by atoms with Gasteiger partial charge in [0.1, 0.15) is 47.1 Å². The molecule has 0 saturated carbocycles. The molecule has 3 aliphatic heterocycles. The number of ether oxygens (including phenoxy) is 1. The average Bonchev–Trinajstić information content (AvgIpc) is 3.60. The maximum absolute atomic E-state index is 13.1.